The predicted octanol–water partition coefficient (Wildman–Crippen LogP) is 3.10. The van der Waals surface area contributed by atoms with Crippen molar-refractivity contribution in [3.63, 3.8) is 0 Å². The average Bonchev–Trinajstić information content (AvgIpc) is 2.87. The largest absolute Gasteiger partial charge is 0.341 e. The first kappa shape index (κ1) is 15.7. The molecule has 0 radical (unpaired) electrons. The summed E-state index contributed by atoms with van der Waals surface area (Å²) < 4.78 is 1.71. The van der Waals surface area contributed by atoms with Crippen LogP contribution in [0.25, 0.3) is 0 Å². The van der Waals surface area contributed by atoms with E-state index in [1.807, 2.05) is 25.0 Å². The van der Waals surface area contributed by atoms with Crippen molar-refractivity contribution < 1.29 is 0 Å². The maximum Gasteiger partial charge on any atom is 0.230 e. The number of anilines is 1. The van der Waals surface area contributed by atoms with Gasteiger partial charge in [0.25, 0.3) is 0 Å². The molecule has 0 unspecified atom stereocenters. The summed E-state index contributed by atoms with van der Waals surface area (Å²) >= 11 is 10.4. The normalized spacial score (nSPS) is 10.8. The first-order valence-corrected chi connectivity index (χ1v) is 9.11. The van der Waals surface area contributed by atoms with Crippen LogP contribution in [0.2, 0.25) is 5.28 Å². The van der Waals surface area contributed by atoms with Gasteiger partial charge in [0.2, 0.25) is 16.4 Å². The van der Waals surface area contributed by atoms with E-state index in [1.165, 1.54) is 23.1 Å². The second kappa shape index (κ2) is 7.39. The van der Waals surface area contributed by atoms with Gasteiger partial charge in [-0.05, 0) is 43.5 Å². The number of aromatic nitrogens is 5. The lowest BCUT2D eigenvalue weighted by molar-refractivity contribution is 0.781. The molecule has 0 N–H and O–H groups in total. The van der Waals surface area contributed by atoms with Crippen molar-refractivity contribution in [3.8, 4) is 0 Å². The molecule has 20 heavy (non-hydrogen) atoms. The van der Waals surface area contributed by atoms with E-state index in [1.54, 1.807) is 11.8 Å². The Hall–Kier alpha value is -0.640. The fraction of sp³-hybridized carbons (Fsp3) is 0.500. The molecule has 10 heteroatoms. The summed E-state index contributed by atoms with van der Waals surface area (Å²) in [4.78, 5) is 14.7. The van der Waals surface area contributed by atoms with Crippen LogP contribution in [-0.2, 0) is 0 Å². The molecular formula is C10H13ClN6S3. The van der Waals surface area contributed by atoms with Crippen molar-refractivity contribution in [2.75, 3.05) is 24.2 Å². The van der Waals surface area contributed by atoms with Gasteiger partial charge in [0, 0.05) is 13.1 Å². The first-order chi connectivity index (χ1) is 9.66. The van der Waals surface area contributed by atoms with E-state index in [-0.39, 0.29) is 5.28 Å². The molecule has 2 aromatic rings. The summed E-state index contributed by atoms with van der Waals surface area (Å²) in [5.41, 5.74) is 0. The lowest BCUT2D eigenvalue weighted by Crippen LogP contribution is -2.24. The number of thioether (sulfide) groups is 1. The van der Waals surface area contributed by atoms with Crippen LogP contribution in [0.3, 0.4) is 0 Å². The van der Waals surface area contributed by atoms with Gasteiger partial charge in [-0.25, -0.2) is 0 Å². The zero-order valence-electron chi connectivity index (χ0n) is 11.2. The van der Waals surface area contributed by atoms with Gasteiger partial charge in [-0.1, -0.05) is 23.1 Å². The number of halogens is 1. The highest BCUT2D eigenvalue weighted by Crippen LogP contribution is 2.31. The molecule has 0 aromatic carbocycles. The fourth-order valence-electron chi connectivity index (χ4n) is 1.41. The van der Waals surface area contributed by atoms with Gasteiger partial charge in [-0.3, -0.25) is 0 Å². The SMILES string of the molecule is CCN(CC)c1nc(Cl)nc(Sc2nnc(SC)s2)n1. The second-order valence-electron chi connectivity index (χ2n) is 3.50. The lowest BCUT2D eigenvalue weighted by atomic mass is 10.5. The molecule has 0 atom stereocenters. The van der Waals surface area contributed by atoms with Crippen LogP contribution in [0.15, 0.2) is 13.8 Å². The van der Waals surface area contributed by atoms with Crippen LogP contribution in [0.5, 0.6) is 0 Å². The van der Waals surface area contributed by atoms with Gasteiger partial charge in [-0.15, -0.1) is 10.2 Å². The summed E-state index contributed by atoms with van der Waals surface area (Å²) in [5.74, 6) is 0.590. The molecule has 0 aliphatic carbocycles. The minimum atomic E-state index is 0.194. The Bertz CT molecular complexity index is 574. The van der Waals surface area contributed by atoms with E-state index in [0.717, 1.165) is 21.8 Å². The average molecular weight is 349 g/mol. The number of hydrogen-bond donors (Lipinski definition) is 0. The monoisotopic (exact) mass is 348 g/mol. The van der Waals surface area contributed by atoms with E-state index < -0.39 is 0 Å². The molecule has 0 spiro atoms. The number of nitrogens with zero attached hydrogens (tertiary/aromatic N) is 6. The quantitative estimate of drug-likeness (QED) is 0.738. The molecule has 0 saturated heterocycles. The summed E-state index contributed by atoms with van der Waals surface area (Å²) in [6.45, 7) is 5.72. The van der Waals surface area contributed by atoms with Crippen LogP contribution in [0.4, 0.5) is 5.95 Å². The standard InChI is InChI=1S/C10H13ClN6S3/c1-4-17(5-2)7-12-6(11)13-8(14-7)19-10-16-15-9(18-3)20-10/h4-5H2,1-3H3. The third-order valence-electron chi connectivity index (χ3n) is 2.36. The highest BCUT2D eigenvalue weighted by atomic mass is 35.5. The van der Waals surface area contributed by atoms with Crippen molar-refractivity contribution in [2.45, 2.75) is 27.7 Å². The number of hydrogen-bond acceptors (Lipinski definition) is 9. The van der Waals surface area contributed by atoms with Gasteiger partial charge in [-0.2, -0.15) is 15.0 Å². The van der Waals surface area contributed by atoms with Crippen LogP contribution in [0, 0.1) is 0 Å². The summed E-state index contributed by atoms with van der Waals surface area (Å²) in [7, 11) is 0. The lowest BCUT2D eigenvalue weighted by Gasteiger charge is -2.18. The summed E-state index contributed by atoms with van der Waals surface area (Å²) in [5, 5.41) is 8.85. The van der Waals surface area contributed by atoms with Gasteiger partial charge in [0.1, 0.15) is 0 Å². The Morgan fingerprint density at radius 2 is 1.80 bits per heavy atom. The molecule has 6 nitrogen and oxygen atoms in total. The minimum Gasteiger partial charge on any atom is -0.341 e. The summed E-state index contributed by atoms with van der Waals surface area (Å²) in [6, 6.07) is 0. The highest BCUT2D eigenvalue weighted by molar-refractivity contribution is 8.02. The maximum absolute atomic E-state index is 5.97. The molecule has 0 bridgehead atoms. The second-order valence-corrected chi connectivity index (χ2v) is 7.08. The van der Waals surface area contributed by atoms with Gasteiger partial charge in [0.05, 0.1) is 0 Å². The zero-order chi connectivity index (χ0) is 14.5. The topological polar surface area (TPSA) is 67.7 Å². The molecular weight excluding hydrogens is 336 g/mol. The molecule has 0 aliphatic heterocycles. The molecule has 108 valence electrons. The van der Waals surface area contributed by atoms with E-state index in [4.69, 9.17) is 11.6 Å². The zero-order valence-corrected chi connectivity index (χ0v) is 14.4. The van der Waals surface area contributed by atoms with Gasteiger partial charge in [0.15, 0.2) is 8.68 Å². The molecule has 2 aromatic heterocycles. The van der Waals surface area contributed by atoms with Crippen LogP contribution in [0.1, 0.15) is 13.8 Å². The van der Waals surface area contributed by atoms with Gasteiger partial charge >= 0.3 is 0 Å². The minimum absolute atomic E-state index is 0.194. The van der Waals surface area contributed by atoms with Crippen LogP contribution < -0.4 is 4.90 Å². The van der Waals surface area contributed by atoms with Crippen molar-refractivity contribution in [1.29, 1.82) is 0 Å². The van der Waals surface area contributed by atoms with E-state index >= 15 is 0 Å². The molecule has 0 amide bonds. The third kappa shape index (κ3) is 3.94. The van der Waals surface area contributed by atoms with Crippen molar-refractivity contribution >= 4 is 52.4 Å². The Kier molecular flexibility index (Phi) is 5.82. The predicted molar refractivity (Wildman–Crippen MR) is 84.2 cm³/mol. The fourth-order valence-corrected chi connectivity index (χ4v) is 3.91. The van der Waals surface area contributed by atoms with Crippen LogP contribution in [-0.4, -0.2) is 44.5 Å². The Balaban J connectivity index is 2.23. The van der Waals surface area contributed by atoms with Gasteiger partial charge < -0.3 is 4.90 Å². The molecule has 0 fully saturated rings. The Morgan fingerprint density at radius 3 is 2.40 bits per heavy atom. The Labute approximate surface area is 134 Å². The maximum atomic E-state index is 5.97. The van der Waals surface area contributed by atoms with Crippen LogP contribution >= 0.6 is 46.5 Å². The number of rotatable bonds is 6. The van der Waals surface area contributed by atoms with E-state index in [9.17, 15) is 0 Å². The highest BCUT2D eigenvalue weighted by Gasteiger charge is 2.13. The van der Waals surface area contributed by atoms with Crippen molar-refractivity contribution in [3.05, 3.63) is 5.28 Å². The molecule has 2 rings (SSSR count). The molecule has 0 saturated carbocycles. The van der Waals surface area contributed by atoms with Crippen molar-refractivity contribution in [1.82, 2.24) is 25.1 Å². The van der Waals surface area contributed by atoms with E-state index in [2.05, 4.69) is 25.1 Å². The first-order valence-electron chi connectivity index (χ1n) is 5.88. The van der Waals surface area contributed by atoms with E-state index in [0.29, 0.717) is 11.1 Å². The molecule has 0 aliphatic rings. The smallest absolute Gasteiger partial charge is 0.230 e. The summed E-state index contributed by atoms with van der Waals surface area (Å²) in [6.07, 6.45) is 1.97. The molecule has 2 heterocycles. The van der Waals surface area contributed by atoms with Crippen molar-refractivity contribution in [2.24, 2.45) is 0 Å². The Morgan fingerprint density at radius 1 is 1.10 bits per heavy atom. The third-order valence-corrected chi connectivity index (χ3v) is 5.35.